The van der Waals surface area contributed by atoms with Gasteiger partial charge in [0.2, 0.25) is 5.88 Å². The van der Waals surface area contributed by atoms with Gasteiger partial charge >= 0.3 is 0 Å². The zero-order chi connectivity index (χ0) is 19.5. The number of halogens is 1. The van der Waals surface area contributed by atoms with Crippen molar-refractivity contribution in [1.82, 2.24) is 4.98 Å². The monoisotopic (exact) mass is 383 g/mol. The predicted octanol–water partition coefficient (Wildman–Crippen LogP) is 4.37. The summed E-state index contributed by atoms with van der Waals surface area (Å²) >= 11 is 0. The summed E-state index contributed by atoms with van der Waals surface area (Å²) in [5.74, 6) is 0.921. The van der Waals surface area contributed by atoms with E-state index in [0.29, 0.717) is 18.4 Å². The molecule has 1 aromatic carbocycles. The van der Waals surface area contributed by atoms with Crippen molar-refractivity contribution in [3.63, 3.8) is 0 Å². The second-order valence-corrected chi connectivity index (χ2v) is 7.49. The van der Waals surface area contributed by atoms with E-state index in [2.05, 4.69) is 28.7 Å². The first kappa shape index (κ1) is 18.9. The summed E-state index contributed by atoms with van der Waals surface area (Å²) in [5.41, 5.74) is 3.04. The summed E-state index contributed by atoms with van der Waals surface area (Å²) in [4.78, 5) is 11.4. The molecule has 0 bridgehead atoms. The van der Waals surface area contributed by atoms with Crippen molar-refractivity contribution in [1.29, 1.82) is 0 Å². The molecule has 6 heteroatoms. The molecule has 5 nitrogen and oxygen atoms in total. The molecule has 0 radical (unpaired) electrons. The zero-order valence-electron chi connectivity index (χ0n) is 16.3. The van der Waals surface area contributed by atoms with Crippen LogP contribution in [0.5, 0.6) is 5.88 Å². The fraction of sp³-hybridized carbons (Fsp3) is 0.455. The summed E-state index contributed by atoms with van der Waals surface area (Å²) in [5, 5.41) is 0. The molecule has 1 aromatic heterocycles. The molecule has 28 heavy (non-hydrogen) atoms. The number of pyridine rings is 1. The fourth-order valence-corrected chi connectivity index (χ4v) is 3.85. The van der Waals surface area contributed by atoms with Crippen molar-refractivity contribution >= 4 is 11.9 Å². The molecule has 0 aliphatic carbocycles. The summed E-state index contributed by atoms with van der Waals surface area (Å²) in [7, 11) is 0. The average Bonchev–Trinajstić information content (AvgIpc) is 2.73. The van der Waals surface area contributed by atoms with Crippen LogP contribution < -0.4 is 9.64 Å². The standard InChI is InChI=1S/C22H26FN3O2/c1-15(18-3-5-20(23)6-4-18)26-16(2)24-12-19-11-22(25-13-21(19)26)28-14-17-7-9-27-10-8-17/h3-6,11-13,15-17H,7-10,14H2,1-2H3/t15-,16?/m1/s1. The Kier molecular flexibility index (Phi) is 5.57. The van der Waals surface area contributed by atoms with E-state index in [9.17, 15) is 4.39 Å². The molecule has 2 atom stereocenters. The Morgan fingerprint density at radius 1 is 1.25 bits per heavy atom. The van der Waals surface area contributed by atoms with Gasteiger partial charge in [-0.25, -0.2) is 9.37 Å². The first-order valence-corrected chi connectivity index (χ1v) is 9.89. The Morgan fingerprint density at radius 3 is 2.75 bits per heavy atom. The van der Waals surface area contributed by atoms with Gasteiger partial charge in [-0.3, -0.25) is 4.99 Å². The largest absolute Gasteiger partial charge is 0.477 e. The molecule has 1 saturated heterocycles. The second-order valence-electron chi connectivity index (χ2n) is 7.49. The van der Waals surface area contributed by atoms with Crippen LogP contribution in [0.3, 0.4) is 0 Å². The van der Waals surface area contributed by atoms with Gasteiger partial charge in [0.25, 0.3) is 0 Å². The van der Waals surface area contributed by atoms with Crippen LogP contribution in [0.1, 0.15) is 43.9 Å². The van der Waals surface area contributed by atoms with Gasteiger partial charge in [0, 0.05) is 31.1 Å². The SMILES string of the molecule is CC1N=Cc2cc(OCC3CCOCC3)ncc2N1[C@H](C)c1ccc(F)cc1. The number of rotatable bonds is 5. The van der Waals surface area contributed by atoms with Crippen molar-refractivity contribution in [2.45, 2.75) is 38.9 Å². The van der Waals surface area contributed by atoms with Crippen molar-refractivity contribution in [3.8, 4) is 5.88 Å². The smallest absolute Gasteiger partial charge is 0.213 e. The molecule has 148 valence electrons. The van der Waals surface area contributed by atoms with Gasteiger partial charge in [-0.2, -0.15) is 0 Å². The highest BCUT2D eigenvalue weighted by atomic mass is 19.1. The van der Waals surface area contributed by atoms with Gasteiger partial charge in [0.05, 0.1) is 24.5 Å². The number of aliphatic imine (C=N–C) groups is 1. The fourth-order valence-electron chi connectivity index (χ4n) is 3.85. The maximum atomic E-state index is 13.3. The lowest BCUT2D eigenvalue weighted by atomic mass is 10.0. The van der Waals surface area contributed by atoms with E-state index in [0.717, 1.165) is 42.9 Å². The van der Waals surface area contributed by atoms with Crippen LogP contribution >= 0.6 is 0 Å². The number of aromatic nitrogens is 1. The second kappa shape index (κ2) is 8.27. The highest BCUT2D eigenvalue weighted by Crippen LogP contribution is 2.35. The number of nitrogens with zero attached hydrogens (tertiary/aromatic N) is 3. The van der Waals surface area contributed by atoms with Crippen LogP contribution in [-0.2, 0) is 4.74 Å². The molecule has 1 fully saturated rings. The lowest BCUT2D eigenvalue weighted by Crippen LogP contribution is -2.37. The third kappa shape index (κ3) is 4.02. The maximum absolute atomic E-state index is 13.3. The lowest BCUT2D eigenvalue weighted by molar-refractivity contribution is 0.0490. The molecule has 0 amide bonds. The van der Waals surface area contributed by atoms with Gasteiger partial charge in [-0.1, -0.05) is 12.1 Å². The van der Waals surface area contributed by atoms with E-state index in [1.807, 2.05) is 30.6 Å². The van der Waals surface area contributed by atoms with E-state index in [1.165, 1.54) is 12.1 Å². The van der Waals surface area contributed by atoms with Crippen molar-refractivity contribution < 1.29 is 13.9 Å². The first-order valence-electron chi connectivity index (χ1n) is 9.89. The molecule has 2 aromatic rings. The Hall–Kier alpha value is -2.47. The molecule has 2 aliphatic heterocycles. The van der Waals surface area contributed by atoms with Gasteiger partial charge in [-0.15, -0.1) is 0 Å². The minimum Gasteiger partial charge on any atom is -0.477 e. The highest BCUT2D eigenvalue weighted by Gasteiger charge is 2.27. The van der Waals surface area contributed by atoms with E-state index in [4.69, 9.17) is 9.47 Å². The van der Waals surface area contributed by atoms with Crippen molar-refractivity contribution in [2.75, 3.05) is 24.7 Å². The molecule has 0 spiro atoms. The first-order chi connectivity index (χ1) is 13.6. The predicted molar refractivity (Wildman–Crippen MR) is 108 cm³/mol. The number of ether oxygens (including phenoxy) is 2. The van der Waals surface area contributed by atoms with E-state index >= 15 is 0 Å². The van der Waals surface area contributed by atoms with Gasteiger partial charge in [-0.05, 0) is 50.3 Å². The molecular weight excluding hydrogens is 357 g/mol. The van der Waals surface area contributed by atoms with Crippen LogP contribution in [0.25, 0.3) is 0 Å². The topological polar surface area (TPSA) is 47.0 Å². The summed E-state index contributed by atoms with van der Waals surface area (Å²) in [6.07, 6.45) is 5.79. The minimum absolute atomic E-state index is 0.0247. The average molecular weight is 383 g/mol. The summed E-state index contributed by atoms with van der Waals surface area (Å²) in [6.45, 7) is 6.44. The zero-order valence-corrected chi connectivity index (χ0v) is 16.3. The third-order valence-corrected chi connectivity index (χ3v) is 5.58. The molecule has 3 heterocycles. The highest BCUT2D eigenvalue weighted by molar-refractivity contribution is 5.90. The van der Waals surface area contributed by atoms with E-state index in [-0.39, 0.29) is 18.0 Å². The Labute approximate surface area is 165 Å². The maximum Gasteiger partial charge on any atom is 0.213 e. The molecule has 0 saturated carbocycles. The van der Waals surface area contributed by atoms with E-state index in [1.54, 1.807) is 0 Å². The number of hydrogen-bond acceptors (Lipinski definition) is 5. The summed E-state index contributed by atoms with van der Waals surface area (Å²) < 4.78 is 24.6. The van der Waals surface area contributed by atoms with Crippen LogP contribution in [0.4, 0.5) is 10.1 Å². The molecule has 4 rings (SSSR count). The van der Waals surface area contributed by atoms with Crippen LogP contribution in [0.2, 0.25) is 0 Å². The van der Waals surface area contributed by atoms with E-state index < -0.39 is 0 Å². The van der Waals surface area contributed by atoms with Gasteiger partial charge in [0.15, 0.2) is 0 Å². The molecule has 1 unspecified atom stereocenters. The molecule has 2 aliphatic rings. The Balaban J connectivity index is 1.52. The number of hydrogen-bond donors (Lipinski definition) is 0. The Bertz CT molecular complexity index is 834. The van der Waals surface area contributed by atoms with Gasteiger partial charge < -0.3 is 14.4 Å². The molecular formula is C22H26FN3O2. The van der Waals surface area contributed by atoms with Crippen molar-refractivity contribution in [2.24, 2.45) is 10.9 Å². The van der Waals surface area contributed by atoms with Gasteiger partial charge in [0.1, 0.15) is 12.0 Å². The third-order valence-electron chi connectivity index (χ3n) is 5.58. The number of benzene rings is 1. The minimum atomic E-state index is -0.228. The molecule has 0 N–H and O–H groups in total. The number of anilines is 1. The van der Waals surface area contributed by atoms with Crippen LogP contribution in [-0.4, -0.2) is 37.2 Å². The quantitative estimate of drug-likeness (QED) is 0.769. The Morgan fingerprint density at radius 2 is 2.00 bits per heavy atom. The van der Waals surface area contributed by atoms with Crippen LogP contribution in [0.15, 0.2) is 41.5 Å². The number of fused-ring (bicyclic) bond motifs is 1. The lowest BCUT2D eigenvalue weighted by Gasteiger charge is -2.38. The normalized spacial score (nSPS) is 20.7. The summed E-state index contributed by atoms with van der Waals surface area (Å²) in [6, 6.07) is 8.64. The van der Waals surface area contributed by atoms with Crippen molar-refractivity contribution in [3.05, 3.63) is 53.5 Å². The van der Waals surface area contributed by atoms with Crippen LogP contribution in [0, 0.1) is 11.7 Å².